The molecule has 0 saturated carbocycles. The molecule has 3 N–H and O–H groups in total. The third-order valence-electron chi connectivity index (χ3n) is 5.01. The molecule has 0 saturated heterocycles. The number of aliphatic imine (C=N–C) groups is 2. The topological polar surface area (TPSA) is 84.9 Å². The van der Waals surface area contributed by atoms with Crippen LogP contribution < -0.4 is 11.1 Å². The third kappa shape index (κ3) is 4.01. The Hall–Kier alpha value is -2.95. The molecule has 0 fully saturated rings. The van der Waals surface area contributed by atoms with Crippen molar-refractivity contribution in [2.45, 2.75) is 30.8 Å². The van der Waals surface area contributed by atoms with Crippen LogP contribution in [0.25, 0.3) is 0 Å². The van der Waals surface area contributed by atoms with E-state index in [1.165, 1.54) is 12.3 Å². The highest BCUT2D eigenvalue weighted by Gasteiger charge is 2.52. The average Bonchev–Trinajstić information content (AvgIpc) is 2.72. The number of benzene rings is 1. The van der Waals surface area contributed by atoms with E-state index in [0.717, 1.165) is 6.07 Å². The van der Waals surface area contributed by atoms with Crippen molar-refractivity contribution in [2.75, 3.05) is 6.67 Å². The molecule has 12 heteroatoms. The van der Waals surface area contributed by atoms with Crippen molar-refractivity contribution in [3.8, 4) is 0 Å². The van der Waals surface area contributed by atoms with Crippen molar-refractivity contribution in [2.24, 2.45) is 15.7 Å². The van der Waals surface area contributed by atoms with E-state index < -0.39 is 42.8 Å². The molecular weight excluding hydrogens is 445 g/mol. The summed E-state index contributed by atoms with van der Waals surface area (Å²) in [5.74, 6) is -0.569. The van der Waals surface area contributed by atoms with Crippen molar-refractivity contribution in [1.29, 1.82) is 0 Å². The molecule has 2 atom stereocenters. The highest BCUT2D eigenvalue weighted by molar-refractivity contribution is 6.30. The quantitative estimate of drug-likeness (QED) is 0.682. The summed E-state index contributed by atoms with van der Waals surface area (Å²) < 4.78 is 73.3. The van der Waals surface area contributed by atoms with Gasteiger partial charge >= 0.3 is 6.18 Å². The van der Waals surface area contributed by atoms with Gasteiger partial charge in [0.05, 0.1) is 10.7 Å². The number of aromatic nitrogens is 1. The first-order chi connectivity index (χ1) is 14.6. The largest absolute Gasteiger partial charge is 0.452 e. The number of pyridine rings is 1. The minimum absolute atomic E-state index is 0.179. The van der Waals surface area contributed by atoms with Crippen LogP contribution in [0.3, 0.4) is 0 Å². The second kappa shape index (κ2) is 7.63. The molecular formula is C19H15ClF5N5O. The molecule has 1 aromatic heterocycles. The van der Waals surface area contributed by atoms with Crippen LogP contribution in [-0.4, -0.2) is 35.8 Å². The minimum atomic E-state index is -4.83. The van der Waals surface area contributed by atoms with Crippen molar-refractivity contribution in [3.05, 3.63) is 58.1 Å². The van der Waals surface area contributed by atoms with Gasteiger partial charge in [-0.05, 0) is 29.8 Å². The van der Waals surface area contributed by atoms with E-state index in [-0.39, 0.29) is 17.8 Å². The van der Waals surface area contributed by atoms with Gasteiger partial charge in [0.25, 0.3) is 6.02 Å². The monoisotopic (exact) mass is 459 g/mol. The summed E-state index contributed by atoms with van der Waals surface area (Å²) in [6.45, 7) is -1.23. The zero-order valence-electron chi connectivity index (χ0n) is 15.7. The fourth-order valence-corrected chi connectivity index (χ4v) is 3.61. The van der Waals surface area contributed by atoms with Gasteiger partial charge in [-0.3, -0.25) is 4.98 Å². The standard InChI is InChI=1S/C19H15ClF5N5O/c20-10-1-2-13(27-7-10)16-28-6-9-3-12(22)11(4-14(9)29-16)18(8-21)5-15(19(23,24)25)31-17(26)30-18/h1-4,7,15H,5-6,8H2,(H2,26,30)(H,28,29)/t15-,18+/m0/s1. The number of fused-ring (bicyclic) bond motifs is 1. The molecule has 6 nitrogen and oxygen atoms in total. The molecule has 0 radical (unpaired) electrons. The first-order valence-corrected chi connectivity index (χ1v) is 9.41. The summed E-state index contributed by atoms with van der Waals surface area (Å²) in [6, 6.07) is 4.64. The Bertz CT molecular complexity index is 1070. The molecule has 0 spiro atoms. The first-order valence-electron chi connectivity index (χ1n) is 9.03. The lowest BCUT2D eigenvalue weighted by atomic mass is 9.83. The number of hydrogen-bond acceptors (Lipinski definition) is 6. The Balaban J connectivity index is 1.79. The van der Waals surface area contributed by atoms with Crippen LogP contribution in [0.1, 0.15) is 23.2 Å². The van der Waals surface area contributed by atoms with Gasteiger partial charge in [0, 0.05) is 24.7 Å². The van der Waals surface area contributed by atoms with E-state index in [1.54, 1.807) is 12.1 Å². The number of halogens is 6. The Labute approximate surface area is 178 Å². The van der Waals surface area contributed by atoms with Gasteiger partial charge < -0.3 is 15.8 Å². The molecule has 2 aromatic rings. The SMILES string of the molecule is NC1=N[C@](CF)(c2cc3c(cc2F)CNC(c2ccc(Cl)cn2)=N3)C[C@@H](C(F)(F)F)O1. The van der Waals surface area contributed by atoms with Crippen LogP contribution in [-0.2, 0) is 16.8 Å². The van der Waals surface area contributed by atoms with Crippen LogP contribution in [0.4, 0.5) is 27.6 Å². The van der Waals surface area contributed by atoms with Gasteiger partial charge in [-0.15, -0.1) is 0 Å². The van der Waals surface area contributed by atoms with E-state index in [0.29, 0.717) is 22.1 Å². The van der Waals surface area contributed by atoms with Crippen LogP contribution in [0.5, 0.6) is 0 Å². The molecule has 4 rings (SSSR count). The minimum Gasteiger partial charge on any atom is -0.452 e. The lowest BCUT2D eigenvalue weighted by Gasteiger charge is -2.37. The average molecular weight is 460 g/mol. The van der Waals surface area contributed by atoms with E-state index in [9.17, 15) is 22.0 Å². The molecule has 31 heavy (non-hydrogen) atoms. The smallest absolute Gasteiger partial charge is 0.425 e. The maximum atomic E-state index is 14.9. The lowest BCUT2D eigenvalue weighted by molar-refractivity contribution is -0.209. The van der Waals surface area contributed by atoms with Crippen molar-refractivity contribution in [3.63, 3.8) is 0 Å². The summed E-state index contributed by atoms with van der Waals surface area (Å²) >= 11 is 5.83. The first kappa shape index (κ1) is 21.3. The van der Waals surface area contributed by atoms with E-state index in [4.69, 9.17) is 17.3 Å². The number of hydrogen-bond donors (Lipinski definition) is 2. The number of ether oxygens (including phenoxy) is 1. The van der Waals surface area contributed by atoms with Gasteiger partial charge in [-0.1, -0.05) is 11.6 Å². The van der Waals surface area contributed by atoms with Crippen LogP contribution >= 0.6 is 11.6 Å². The summed E-state index contributed by atoms with van der Waals surface area (Å²) in [7, 11) is 0. The third-order valence-corrected chi connectivity index (χ3v) is 5.24. The van der Waals surface area contributed by atoms with Gasteiger partial charge in [-0.2, -0.15) is 13.2 Å². The normalized spacial score (nSPS) is 23.2. The van der Waals surface area contributed by atoms with Crippen molar-refractivity contribution >= 4 is 29.1 Å². The fraction of sp³-hybridized carbons (Fsp3) is 0.316. The molecule has 0 aliphatic carbocycles. The van der Waals surface area contributed by atoms with Crippen LogP contribution in [0.2, 0.25) is 5.02 Å². The molecule has 2 aliphatic heterocycles. The Morgan fingerprint density at radius 3 is 2.71 bits per heavy atom. The molecule has 1 aromatic carbocycles. The molecule has 0 amide bonds. The predicted octanol–water partition coefficient (Wildman–Crippen LogP) is 3.89. The number of amidine groups is 2. The lowest BCUT2D eigenvalue weighted by Crippen LogP contribution is -2.48. The summed E-state index contributed by atoms with van der Waals surface area (Å²) in [5, 5.41) is 3.40. The number of nitrogens with one attached hydrogen (secondary N) is 1. The molecule has 164 valence electrons. The zero-order chi connectivity index (χ0) is 22.4. The van der Waals surface area contributed by atoms with Crippen LogP contribution in [0, 0.1) is 5.82 Å². The second-order valence-corrected chi connectivity index (χ2v) is 7.54. The number of alkyl halides is 4. The zero-order valence-corrected chi connectivity index (χ0v) is 16.4. The highest BCUT2D eigenvalue weighted by atomic mass is 35.5. The molecule has 0 unspecified atom stereocenters. The predicted molar refractivity (Wildman–Crippen MR) is 104 cm³/mol. The summed E-state index contributed by atoms with van der Waals surface area (Å²) in [4.78, 5) is 12.2. The second-order valence-electron chi connectivity index (χ2n) is 7.10. The molecule has 0 bridgehead atoms. The van der Waals surface area contributed by atoms with Crippen molar-refractivity contribution < 1.29 is 26.7 Å². The van der Waals surface area contributed by atoms with Gasteiger partial charge in [0.1, 0.15) is 23.7 Å². The molecule has 3 heterocycles. The van der Waals surface area contributed by atoms with Gasteiger partial charge in [0.15, 0.2) is 11.9 Å². The number of nitrogens with two attached hydrogens (primary N) is 1. The van der Waals surface area contributed by atoms with Crippen molar-refractivity contribution in [1.82, 2.24) is 10.3 Å². The van der Waals surface area contributed by atoms with E-state index in [2.05, 4.69) is 25.0 Å². The van der Waals surface area contributed by atoms with Crippen LogP contribution in [0.15, 0.2) is 40.4 Å². The Morgan fingerprint density at radius 2 is 2.06 bits per heavy atom. The van der Waals surface area contributed by atoms with Gasteiger partial charge in [0.2, 0.25) is 0 Å². The maximum absolute atomic E-state index is 14.9. The Kier molecular flexibility index (Phi) is 5.24. The Morgan fingerprint density at radius 1 is 1.29 bits per heavy atom. The number of nitrogens with zero attached hydrogens (tertiary/aromatic N) is 3. The highest BCUT2D eigenvalue weighted by Crippen LogP contribution is 2.43. The summed E-state index contributed by atoms with van der Waals surface area (Å²) in [6.07, 6.45) is -6.80. The maximum Gasteiger partial charge on any atom is 0.425 e. The number of rotatable bonds is 3. The molecule has 2 aliphatic rings. The van der Waals surface area contributed by atoms with E-state index in [1.807, 2.05) is 0 Å². The van der Waals surface area contributed by atoms with E-state index >= 15 is 0 Å². The fourth-order valence-electron chi connectivity index (χ4n) is 3.49. The summed E-state index contributed by atoms with van der Waals surface area (Å²) in [5.41, 5.74) is 3.94. The van der Waals surface area contributed by atoms with Gasteiger partial charge in [-0.25, -0.2) is 18.8 Å².